The normalized spacial score (nSPS) is 23.0. The van der Waals surface area contributed by atoms with E-state index in [-0.39, 0.29) is 12.1 Å². The van der Waals surface area contributed by atoms with Gasteiger partial charge in [0.05, 0.1) is 25.4 Å². The van der Waals surface area contributed by atoms with E-state index in [1.54, 1.807) is 0 Å². The van der Waals surface area contributed by atoms with Crippen LogP contribution in [0.25, 0.3) is 0 Å². The minimum atomic E-state index is -0.529. The number of morpholine rings is 1. The van der Waals surface area contributed by atoms with E-state index in [0.717, 1.165) is 44.7 Å². The molecule has 3 rings (SSSR count). The van der Waals surface area contributed by atoms with E-state index in [4.69, 9.17) is 14.2 Å². The summed E-state index contributed by atoms with van der Waals surface area (Å²) in [5, 5.41) is 0. The molecule has 1 atom stereocenters. The van der Waals surface area contributed by atoms with Crippen molar-refractivity contribution in [1.82, 2.24) is 4.90 Å². The second-order valence-corrected chi connectivity index (χ2v) is 6.93. The minimum Gasteiger partial charge on any atom is -0.465 e. The molecular weight excluding hydrogens is 306 g/mol. The summed E-state index contributed by atoms with van der Waals surface area (Å²) in [7, 11) is 0. The number of hydrogen-bond acceptors (Lipinski definition) is 5. The number of hydrogen-bond donors (Lipinski definition) is 0. The first-order valence-electron chi connectivity index (χ1n) is 8.83. The van der Waals surface area contributed by atoms with Crippen LogP contribution < -0.4 is 4.74 Å². The van der Waals surface area contributed by atoms with Gasteiger partial charge in [-0.05, 0) is 51.0 Å². The highest BCUT2D eigenvalue weighted by Gasteiger charge is 2.35. The number of ketones is 1. The van der Waals surface area contributed by atoms with E-state index in [1.807, 2.05) is 38.1 Å². The Labute approximate surface area is 143 Å². The van der Waals surface area contributed by atoms with Gasteiger partial charge in [0.1, 0.15) is 5.75 Å². The largest absolute Gasteiger partial charge is 0.465 e. The van der Waals surface area contributed by atoms with Crippen LogP contribution in [0.5, 0.6) is 5.75 Å². The highest BCUT2D eigenvalue weighted by Crippen LogP contribution is 2.24. The Morgan fingerprint density at radius 3 is 2.46 bits per heavy atom. The molecule has 1 unspecified atom stereocenters. The maximum absolute atomic E-state index is 12.9. The summed E-state index contributed by atoms with van der Waals surface area (Å²) in [5.74, 6) is 0.882. The predicted octanol–water partition coefficient (Wildman–Crippen LogP) is 2.89. The van der Waals surface area contributed by atoms with Crippen molar-refractivity contribution in [2.24, 2.45) is 0 Å². The van der Waals surface area contributed by atoms with Crippen LogP contribution in [0.3, 0.4) is 0 Å². The van der Waals surface area contributed by atoms with Crippen LogP contribution in [-0.2, 0) is 9.47 Å². The molecule has 1 aromatic rings. The van der Waals surface area contributed by atoms with Crippen molar-refractivity contribution in [3.05, 3.63) is 29.8 Å². The topological polar surface area (TPSA) is 48.0 Å². The third kappa shape index (κ3) is 3.97. The van der Waals surface area contributed by atoms with E-state index in [1.165, 1.54) is 0 Å². The van der Waals surface area contributed by atoms with Crippen LogP contribution in [0.15, 0.2) is 24.3 Å². The zero-order chi connectivity index (χ0) is 17.0. The molecule has 0 aromatic heterocycles. The van der Waals surface area contributed by atoms with E-state index < -0.39 is 5.54 Å². The fraction of sp³-hybridized carbons (Fsp3) is 0.632. The first-order valence-corrected chi connectivity index (χ1v) is 8.83. The van der Waals surface area contributed by atoms with Gasteiger partial charge in [-0.2, -0.15) is 0 Å². The summed E-state index contributed by atoms with van der Waals surface area (Å²) in [6.45, 7) is 7.69. The molecule has 5 heteroatoms. The van der Waals surface area contributed by atoms with Gasteiger partial charge < -0.3 is 14.2 Å². The van der Waals surface area contributed by atoms with Gasteiger partial charge >= 0.3 is 0 Å². The first-order chi connectivity index (χ1) is 11.6. The number of carbonyl (C=O) groups excluding carboxylic acids is 1. The van der Waals surface area contributed by atoms with Gasteiger partial charge in [-0.3, -0.25) is 9.69 Å². The number of carbonyl (C=O) groups is 1. The van der Waals surface area contributed by atoms with E-state index in [2.05, 4.69) is 4.90 Å². The van der Waals surface area contributed by atoms with Crippen LogP contribution in [0.1, 0.15) is 43.5 Å². The summed E-state index contributed by atoms with van der Waals surface area (Å²) in [4.78, 5) is 15.1. The predicted molar refractivity (Wildman–Crippen MR) is 91.5 cm³/mol. The Balaban J connectivity index is 1.64. The fourth-order valence-corrected chi connectivity index (χ4v) is 3.26. The summed E-state index contributed by atoms with van der Waals surface area (Å²) in [6.07, 6.45) is 2.99. The fourth-order valence-electron chi connectivity index (χ4n) is 3.26. The SMILES string of the molecule is CC(C)(C(=O)c1ccc(OC2CCCCO2)cc1)N1CCOCC1. The maximum Gasteiger partial charge on any atom is 0.199 e. The van der Waals surface area contributed by atoms with E-state index in [0.29, 0.717) is 18.8 Å². The Morgan fingerprint density at radius 1 is 1.12 bits per heavy atom. The molecule has 0 radical (unpaired) electrons. The minimum absolute atomic E-state index is 0.130. The lowest BCUT2D eigenvalue weighted by molar-refractivity contribution is -0.105. The molecule has 24 heavy (non-hydrogen) atoms. The van der Waals surface area contributed by atoms with Gasteiger partial charge in [0.25, 0.3) is 0 Å². The molecular formula is C19H27NO4. The molecule has 2 aliphatic heterocycles. The van der Waals surface area contributed by atoms with Gasteiger partial charge in [-0.25, -0.2) is 0 Å². The molecule has 0 amide bonds. The first kappa shape index (κ1) is 17.4. The summed E-state index contributed by atoms with van der Waals surface area (Å²) >= 11 is 0. The molecule has 0 aliphatic carbocycles. The third-order valence-corrected chi connectivity index (χ3v) is 4.88. The molecule has 1 aromatic carbocycles. The second kappa shape index (κ2) is 7.64. The van der Waals surface area contributed by atoms with E-state index >= 15 is 0 Å². The average Bonchev–Trinajstić information content (AvgIpc) is 2.63. The van der Waals surface area contributed by atoms with E-state index in [9.17, 15) is 4.79 Å². The lowest BCUT2D eigenvalue weighted by atomic mass is 9.91. The van der Waals surface area contributed by atoms with Gasteiger partial charge in [0.15, 0.2) is 12.1 Å². The van der Waals surface area contributed by atoms with Crippen LogP contribution >= 0.6 is 0 Å². The van der Waals surface area contributed by atoms with Crippen molar-refractivity contribution in [1.29, 1.82) is 0 Å². The molecule has 2 fully saturated rings. The number of benzene rings is 1. The van der Waals surface area contributed by atoms with Crippen molar-refractivity contribution in [3.63, 3.8) is 0 Å². The monoisotopic (exact) mass is 333 g/mol. The van der Waals surface area contributed by atoms with Gasteiger partial charge in [0.2, 0.25) is 0 Å². The molecule has 2 saturated heterocycles. The van der Waals surface area contributed by atoms with Crippen LogP contribution in [0.2, 0.25) is 0 Å². The molecule has 0 spiro atoms. The molecule has 2 aliphatic rings. The number of rotatable bonds is 5. The number of nitrogens with zero attached hydrogens (tertiary/aromatic N) is 1. The Kier molecular flexibility index (Phi) is 5.54. The van der Waals surface area contributed by atoms with Gasteiger partial charge in [-0.1, -0.05) is 0 Å². The third-order valence-electron chi connectivity index (χ3n) is 4.88. The van der Waals surface area contributed by atoms with Gasteiger partial charge in [-0.15, -0.1) is 0 Å². The summed E-state index contributed by atoms with van der Waals surface area (Å²) in [5.41, 5.74) is 0.182. The maximum atomic E-state index is 12.9. The van der Waals surface area contributed by atoms with Crippen LogP contribution in [-0.4, -0.2) is 55.4 Å². The van der Waals surface area contributed by atoms with Gasteiger partial charge in [0, 0.05) is 25.1 Å². The van der Waals surface area contributed by atoms with Crippen molar-refractivity contribution < 1.29 is 19.0 Å². The van der Waals surface area contributed by atoms with Crippen LogP contribution in [0, 0.1) is 0 Å². The molecule has 0 N–H and O–H groups in total. The Hall–Kier alpha value is -1.43. The zero-order valence-corrected chi connectivity index (χ0v) is 14.6. The molecule has 2 heterocycles. The summed E-state index contributed by atoms with van der Waals surface area (Å²) in [6, 6.07) is 7.42. The van der Waals surface area contributed by atoms with Crippen molar-refractivity contribution in [2.45, 2.75) is 44.9 Å². The second-order valence-electron chi connectivity index (χ2n) is 6.93. The lowest BCUT2D eigenvalue weighted by Crippen LogP contribution is -2.54. The van der Waals surface area contributed by atoms with Crippen LogP contribution in [0.4, 0.5) is 0 Å². The standard InChI is InChI=1S/C19H27NO4/c1-19(2,20-10-13-22-14-11-20)18(21)15-6-8-16(9-7-15)24-17-5-3-4-12-23-17/h6-9,17H,3-5,10-14H2,1-2H3. The lowest BCUT2D eigenvalue weighted by Gasteiger charge is -2.39. The summed E-state index contributed by atoms with van der Waals surface area (Å²) < 4.78 is 16.8. The molecule has 0 bridgehead atoms. The molecule has 0 saturated carbocycles. The highest BCUT2D eigenvalue weighted by atomic mass is 16.7. The Morgan fingerprint density at radius 2 is 1.83 bits per heavy atom. The Bertz CT molecular complexity index is 543. The zero-order valence-electron chi connectivity index (χ0n) is 14.6. The van der Waals surface area contributed by atoms with Crippen molar-refractivity contribution in [3.8, 4) is 5.75 Å². The quantitative estimate of drug-likeness (QED) is 0.776. The van der Waals surface area contributed by atoms with Crippen molar-refractivity contribution >= 4 is 5.78 Å². The average molecular weight is 333 g/mol. The highest BCUT2D eigenvalue weighted by molar-refractivity contribution is 6.02. The number of ether oxygens (including phenoxy) is 3. The smallest absolute Gasteiger partial charge is 0.199 e. The van der Waals surface area contributed by atoms with Crippen molar-refractivity contribution in [2.75, 3.05) is 32.9 Å². The molecule has 5 nitrogen and oxygen atoms in total. The molecule has 132 valence electrons. The number of Topliss-reactive ketones (excluding diaryl/α,β-unsaturated/α-hetero) is 1.